The predicted octanol–water partition coefficient (Wildman–Crippen LogP) is 5.01. The van der Waals surface area contributed by atoms with Crippen LogP contribution in [0, 0.1) is 0 Å². The Labute approximate surface area is 166 Å². The van der Waals surface area contributed by atoms with Gasteiger partial charge in [0.15, 0.2) is 5.50 Å². The molecule has 1 amide bonds. The Balaban J connectivity index is 1.75. The van der Waals surface area contributed by atoms with Crippen LogP contribution in [-0.4, -0.2) is 18.0 Å². The van der Waals surface area contributed by atoms with E-state index in [2.05, 4.69) is 45.6 Å². The summed E-state index contributed by atoms with van der Waals surface area (Å²) >= 11 is 4.94. The van der Waals surface area contributed by atoms with Gasteiger partial charge < -0.3 is 15.4 Å². The molecule has 2 N–H and O–H groups in total. The summed E-state index contributed by atoms with van der Waals surface area (Å²) in [7, 11) is 0. The van der Waals surface area contributed by atoms with E-state index in [9.17, 15) is 4.79 Å². The van der Waals surface area contributed by atoms with Crippen molar-refractivity contribution >= 4 is 45.4 Å². The van der Waals surface area contributed by atoms with Crippen molar-refractivity contribution in [2.24, 2.45) is 0 Å². The Bertz CT molecular complexity index is 821. The number of carbonyl (C=O) groups excluding carboxylic acids is 1. The van der Waals surface area contributed by atoms with Crippen LogP contribution in [0.4, 0.5) is 5.69 Å². The summed E-state index contributed by atoms with van der Waals surface area (Å²) < 4.78 is 6.61. The number of anilines is 1. The van der Waals surface area contributed by atoms with Gasteiger partial charge in [-0.1, -0.05) is 46.7 Å². The van der Waals surface area contributed by atoms with E-state index in [1.165, 1.54) is 17.3 Å². The van der Waals surface area contributed by atoms with Crippen LogP contribution in [0.3, 0.4) is 0 Å². The van der Waals surface area contributed by atoms with Gasteiger partial charge in [-0.15, -0.1) is 0 Å². The topological polar surface area (TPSA) is 50.4 Å². The molecule has 1 fully saturated rings. The first-order chi connectivity index (χ1) is 12.6. The van der Waals surface area contributed by atoms with Gasteiger partial charge in [0.05, 0.1) is 11.5 Å². The van der Waals surface area contributed by atoms with E-state index < -0.39 is 0 Å². The van der Waals surface area contributed by atoms with Crippen LogP contribution in [0.1, 0.15) is 25.0 Å². The molecule has 1 aliphatic rings. The molecule has 0 radical (unpaired) electrons. The van der Waals surface area contributed by atoms with Crippen molar-refractivity contribution in [2.75, 3.05) is 11.9 Å². The number of carbonyl (C=O) groups is 1. The minimum Gasteiger partial charge on any atom is -0.493 e. The summed E-state index contributed by atoms with van der Waals surface area (Å²) in [5.74, 6) is 0.684. The monoisotopic (exact) mass is 432 g/mol. The standard InChI is InChI=1S/C20H21BrN2O2S/c1-3-13-5-8-16(9-6-13)22-20-23-19(24)18(26-20)12-14-11-15(21)7-10-17(14)25-4-2/h5-12,20,22H,3-4H2,1-2H3,(H,23,24)/b18-12-/t20-/m0/s1. The third kappa shape index (κ3) is 4.62. The highest BCUT2D eigenvalue weighted by molar-refractivity contribution is 9.10. The van der Waals surface area contributed by atoms with Crippen molar-refractivity contribution in [2.45, 2.75) is 25.8 Å². The van der Waals surface area contributed by atoms with E-state index in [0.717, 1.165) is 27.9 Å². The third-order valence-electron chi connectivity index (χ3n) is 3.95. The van der Waals surface area contributed by atoms with Crippen LogP contribution in [0.15, 0.2) is 51.8 Å². The molecule has 4 nitrogen and oxygen atoms in total. The number of ether oxygens (including phenoxy) is 1. The van der Waals surface area contributed by atoms with Crippen molar-refractivity contribution in [3.05, 3.63) is 63.0 Å². The number of hydrogen-bond acceptors (Lipinski definition) is 4. The summed E-state index contributed by atoms with van der Waals surface area (Å²) in [4.78, 5) is 13.0. The van der Waals surface area contributed by atoms with E-state index >= 15 is 0 Å². The van der Waals surface area contributed by atoms with Crippen molar-refractivity contribution in [1.82, 2.24) is 5.32 Å². The average Bonchev–Trinajstić information content (AvgIpc) is 2.97. The molecule has 0 saturated carbocycles. The fourth-order valence-electron chi connectivity index (χ4n) is 2.61. The Morgan fingerprint density at radius 1 is 1.23 bits per heavy atom. The van der Waals surface area contributed by atoms with E-state index in [0.29, 0.717) is 11.5 Å². The number of amides is 1. The Kier molecular flexibility index (Phi) is 6.27. The predicted molar refractivity (Wildman–Crippen MR) is 112 cm³/mol. The first-order valence-corrected chi connectivity index (χ1v) is 10.2. The highest BCUT2D eigenvalue weighted by Crippen LogP contribution is 2.33. The highest BCUT2D eigenvalue weighted by Gasteiger charge is 2.27. The lowest BCUT2D eigenvalue weighted by molar-refractivity contribution is -0.116. The summed E-state index contributed by atoms with van der Waals surface area (Å²) in [6, 6.07) is 14.0. The maximum atomic E-state index is 12.3. The molecule has 0 aliphatic carbocycles. The van der Waals surface area contributed by atoms with Crippen LogP contribution in [0.2, 0.25) is 0 Å². The second-order valence-corrected chi connectivity index (χ2v) is 7.85. The second-order valence-electron chi connectivity index (χ2n) is 5.79. The summed E-state index contributed by atoms with van der Waals surface area (Å²) in [5.41, 5.74) is 2.96. The smallest absolute Gasteiger partial charge is 0.260 e. The van der Waals surface area contributed by atoms with Gasteiger partial charge in [0.1, 0.15) is 5.75 Å². The Hall–Kier alpha value is -1.92. The van der Waals surface area contributed by atoms with Crippen molar-refractivity contribution in [3.63, 3.8) is 0 Å². The number of halogens is 1. The van der Waals surface area contributed by atoms with Crippen LogP contribution in [-0.2, 0) is 11.2 Å². The molecule has 3 rings (SSSR count). The van der Waals surface area contributed by atoms with Gasteiger partial charge in [-0.25, -0.2) is 0 Å². The summed E-state index contributed by atoms with van der Waals surface area (Å²) in [5, 5.41) is 6.30. The van der Waals surface area contributed by atoms with Crippen LogP contribution >= 0.6 is 27.7 Å². The van der Waals surface area contributed by atoms with E-state index in [4.69, 9.17) is 4.74 Å². The molecule has 0 unspecified atom stereocenters. The van der Waals surface area contributed by atoms with Crippen LogP contribution in [0.25, 0.3) is 6.08 Å². The lowest BCUT2D eigenvalue weighted by Crippen LogP contribution is -2.30. The zero-order valence-corrected chi connectivity index (χ0v) is 17.1. The number of aryl methyl sites for hydroxylation is 1. The number of hydrogen-bond donors (Lipinski definition) is 2. The SMILES string of the molecule is CCOc1ccc(Br)cc1/C=C1\S[C@@H](Nc2ccc(CC)cc2)NC1=O. The molecule has 1 atom stereocenters. The summed E-state index contributed by atoms with van der Waals surface area (Å²) in [6.45, 7) is 4.65. The van der Waals surface area contributed by atoms with E-state index in [-0.39, 0.29) is 11.4 Å². The third-order valence-corrected chi connectivity index (χ3v) is 5.47. The van der Waals surface area contributed by atoms with Gasteiger partial charge >= 0.3 is 0 Å². The van der Waals surface area contributed by atoms with Crippen molar-refractivity contribution < 1.29 is 9.53 Å². The molecule has 2 aromatic carbocycles. The quantitative estimate of drug-likeness (QED) is 0.629. The van der Waals surface area contributed by atoms with E-state index in [1.807, 2.05) is 43.3 Å². The normalized spacial score (nSPS) is 18.0. The fourth-order valence-corrected chi connectivity index (χ4v) is 3.97. The molecular weight excluding hydrogens is 412 g/mol. The first-order valence-electron chi connectivity index (χ1n) is 8.56. The summed E-state index contributed by atoms with van der Waals surface area (Å²) in [6.07, 6.45) is 2.88. The van der Waals surface area contributed by atoms with Gasteiger partial charge in [0.25, 0.3) is 5.91 Å². The largest absolute Gasteiger partial charge is 0.493 e. The minimum atomic E-state index is -0.191. The first kappa shape index (κ1) is 18.9. The molecule has 1 saturated heterocycles. The molecule has 1 heterocycles. The molecule has 1 aliphatic heterocycles. The molecule has 2 aromatic rings. The average molecular weight is 433 g/mol. The molecule has 0 bridgehead atoms. The highest BCUT2D eigenvalue weighted by atomic mass is 79.9. The molecule has 136 valence electrons. The molecule has 6 heteroatoms. The molecular formula is C20H21BrN2O2S. The van der Waals surface area contributed by atoms with Gasteiger partial charge in [-0.3, -0.25) is 4.79 Å². The lowest BCUT2D eigenvalue weighted by atomic mass is 10.1. The van der Waals surface area contributed by atoms with Gasteiger partial charge in [-0.2, -0.15) is 0 Å². The molecule has 0 aromatic heterocycles. The maximum absolute atomic E-state index is 12.3. The minimum absolute atomic E-state index is 0.0832. The van der Waals surface area contributed by atoms with E-state index in [1.54, 1.807) is 0 Å². The number of rotatable bonds is 6. The van der Waals surface area contributed by atoms with Crippen LogP contribution < -0.4 is 15.4 Å². The van der Waals surface area contributed by atoms with Crippen molar-refractivity contribution in [3.8, 4) is 5.75 Å². The zero-order chi connectivity index (χ0) is 18.5. The van der Waals surface area contributed by atoms with Gasteiger partial charge in [0.2, 0.25) is 0 Å². The van der Waals surface area contributed by atoms with Gasteiger partial charge in [-0.05, 0) is 55.3 Å². The van der Waals surface area contributed by atoms with Crippen LogP contribution in [0.5, 0.6) is 5.75 Å². The Morgan fingerprint density at radius 3 is 2.69 bits per heavy atom. The number of benzene rings is 2. The molecule has 26 heavy (non-hydrogen) atoms. The van der Waals surface area contributed by atoms with Gasteiger partial charge in [0, 0.05) is 15.7 Å². The zero-order valence-electron chi connectivity index (χ0n) is 14.7. The number of thioether (sulfide) groups is 1. The molecule has 0 spiro atoms. The maximum Gasteiger partial charge on any atom is 0.260 e. The Morgan fingerprint density at radius 2 is 2.00 bits per heavy atom. The number of nitrogens with one attached hydrogen (secondary N) is 2. The fraction of sp³-hybridized carbons (Fsp3) is 0.250. The lowest BCUT2D eigenvalue weighted by Gasteiger charge is -2.13. The van der Waals surface area contributed by atoms with Crippen molar-refractivity contribution in [1.29, 1.82) is 0 Å². The second kappa shape index (κ2) is 8.64.